The molecule has 92 valence electrons. The highest BCUT2D eigenvalue weighted by Gasteiger charge is 2.07. The lowest BCUT2D eigenvalue weighted by atomic mass is 10.1. The summed E-state index contributed by atoms with van der Waals surface area (Å²) in [5.41, 5.74) is 0. The molecule has 0 aromatic carbocycles. The van der Waals surface area contributed by atoms with E-state index in [1.165, 1.54) is 32.1 Å². The maximum absolute atomic E-state index is 10.4. The number of rotatable bonds is 9. The van der Waals surface area contributed by atoms with Gasteiger partial charge in [-0.3, -0.25) is 4.79 Å². The van der Waals surface area contributed by atoms with E-state index in [0.29, 0.717) is 0 Å². The normalized spacial score (nSPS) is 11.9. The molecular formula is C11H26N2O2. The molecule has 0 aromatic heterocycles. The number of nitrogens with one attached hydrogen (secondary N) is 1. The maximum Gasteiger partial charge on any atom is 0.320 e. The van der Waals surface area contributed by atoms with Crippen molar-refractivity contribution in [2.75, 3.05) is 6.54 Å². The van der Waals surface area contributed by atoms with Crippen LogP contribution in [0, 0.1) is 0 Å². The van der Waals surface area contributed by atoms with Gasteiger partial charge < -0.3 is 16.6 Å². The molecule has 0 aliphatic rings. The van der Waals surface area contributed by atoms with Gasteiger partial charge in [0.05, 0.1) is 0 Å². The first kappa shape index (κ1) is 16.8. The first-order valence-corrected chi connectivity index (χ1v) is 5.64. The van der Waals surface area contributed by atoms with Crippen LogP contribution in [0.3, 0.4) is 0 Å². The van der Waals surface area contributed by atoms with E-state index < -0.39 is 12.0 Å². The molecule has 5 N–H and O–H groups in total. The fraction of sp³-hybridized carbons (Fsp3) is 0.909. The smallest absolute Gasteiger partial charge is 0.320 e. The van der Waals surface area contributed by atoms with Gasteiger partial charge in [0.1, 0.15) is 6.04 Å². The zero-order valence-corrected chi connectivity index (χ0v) is 10.1. The van der Waals surface area contributed by atoms with Gasteiger partial charge in [-0.1, -0.05) is 39.0 Å². The summed E-state index contributed by atoms with van der Waals surface area (Å²) in [5, 5.41) is 11.6. The summed E-state index contributed by atoms with van der Waals surface area (Å²) < 4.78 is 0. The zero-order valence-electron chi connectivity index (χ0n) is 10.1. The summed E-state index contributed by atoms with van der Waals surface area (Å²) in [7, 11) is 0. The molecule has 4 heteroatoms. The molecule has 0 unspecified atom stereocenters. The van der Waals surface area contributed by atoms with Gasteiger partial charge in [0.25, 0.3) is 0 Å². The summed E-state index contributed by atoms with van der Waals surface area (Å²) in [6.45, 7) is 4.70. The van der Waals surface area contributed by atoms with Gasteiger partial charge in [0, 0.05) is 0 Å². The molecule has 0 saturated heterocycles. The Balaban J connectivity index is 0. The second-order valence-electron chi connectivity index (χ2n) is 3.78. The van der Waals surface area contributed by atoms with Crippen molar-refractivity contribution in [3.05, 3.63) is 0 Å². The van der Waals surface area contributed by atoms with Crippen LogP contribution in [0.4, 0.5) is 0 Å². The van der Waals surface area contributed by atoms with Crippen molar-refractivity contribution in [2.24, 2.45) is 0 Å². The molecule has 0 aliphatic heterocycles. The van der Waals surface area contributed by atoms with E-state index in [0.717, 1.165) is 13.0 Å². The van der Waals surface area contributed by atoms with Crippen molar-refractivity contribution in [1.82, 2.24) is 11.5 Å². The molecule has 0 radical (unpaired) electrons. The average molecular weight is 218 g/mol. The van der Waals surface area contributed by atoms with E-state index in [-0.39, 0.29) is 6.15 Å². The number of hydrogen-bond donors (Lipinski definition) is 3. The Morgan fingerprint density at radius 1 is 1.20 bits per heavy atom. The van der Waals surface area contributed by atoms with Crippen LogP contribution in [0.5, 0.6) is 0 Å². The summed E-state index contributed by atoms with van der Waals surface area (Å²) in [6, 6.07) is -0.411. The third-order valence-corrected chi connectivity index (χ3v) is 2.35. The van der Waals surface area contributed by atoms with E-state index in [9.17, 15) is 4.79 Å². The van der Waals surface area contributed by atoms with Crippen LogP contribution in [-0.4, -0.2) is 23.7 Å². The zero-order chi connectivity index (χ0) is 10.8. The second-order valence-corrected chi connectivity index (χ2v) is 3.78. The third-order valence-electron chi connectivity index (χ3n) is 2.35. The van der Waals surface area contributed by atoms with Gasteiger partial charge in [-0.25, -0.2) is 0 Å². The van der Waals surface area contributed by atoms with E-state index >= 15 is 0 Å². The van der Waals surface area contributed by atoms with Crippen molar-refractivity contribution < 1.29 is 9.90 Å². The summed E-state index contributed by atoms with van der Waals surface area (Å²) in [5.74, 6) is -0.768. The van der Waals surface area contributed by atoms with Gasteiger partial charge in [0.2, 0.25) is 0 Å². The number of hydrogen-bond acceptors (Lipinski definition) is 3. The van der Waals surface area contributed by atoms with Gasteiger partial charge in [-0.05, 0) is 19.9 Å². The number of unbranched alkanes of at least 4 members (excludes halogenated alkanes) is 5. The molecule has 0 aromatic rings. The lowest BCUT2D eigenvalue weighted by Crippen LogP contribution is -2.34. The summed E-state index contributed by atoms with van der Waals surface area (Å²) >= 11 is 0. The standard InChI is InChI=1S/C11H23NO2.H3N/c1-3-4-5-6-7-8-9-12-10(2)11(13)14;/h10,12H,3-9H2,1-2H3,(H,13,14);1H3/t10-;/m0./s1. The minimum Gasteiger partial charge on any atom is -0.480 e. The van der Waals surface area contributed by atoms with Gasteiger partial charge in [0.15, 0.2) is 0 Å². The van der Waals surface area contributed by atoms with Gasteiger partial charge >= 0.3 is 5.97 Å². The number of carboxylic acid groups (broad SMARTS) is 1. The summed E-state index contributed by atoms with van der Waals surface area (Å²) in [6.07, 6.45) is 7.47. The summed E-state index contributed by atoms with van der Waals surface area (Å²) in [4.78, 5) is 10.4. The van der Waals surface area contributed by atoms with Gasteiger partial charge in [-0.2, -0.15) is 0 Å². The molecule has 0 spiro atoms. The molecule has 0 aliphatic carbocycles. The highest BCUT2D eigenvalue weighted by atomic mass is 16.4. The van der Waals surface area contributed by atoms with Crippen LogP contribution in [0.2, 0.25) is 0 Å². The van der Waals surface area contributed by atoms with E-state index in [2.05, 4.69) is 12.2 Å². The Labute approximate surface area is 93.0 Å². The molecule has 0 bridgehead atoms. The van der Waals surface area contributed by atoms with Gasteiger partial charge in [-0.15, -0.1) is 0 Å². The Morgan fingerprint density at radius 3 is 2.27 bits per heavy atom. The fourth-order valence-corrected chi connectivity index (χ4v) is 1.31. The third kappa shape index (κ3) is 11.3. The number of aliphatic carboxylic acids is 1. The molecular weight excluding hydrogens is 192 g/mol. The molecule has 0 fully saturated rings. The highest BCUT2D eigenvalue weighted by molar-refractivity contribution is 5.72. The molecule has 0 rings (SSSR count). The molecule has 1 atom stereocenters. The first-order chi connectivity index (χ1) is 6.68. The molecule has 4 nitrogen and oxygen atoms in total. The van der Waals surface area contributed by atoms with Crippen LogP contribution in [0.1, 0.15) is 52.4 Å². The van der Waals surface area contributed by atoms with Crippen LogP contribution in [0.15, 0.2) is 0 Å². The topological polar surface area (TPSA) is 84.3 Å². The Bertz CT molecular complexity index is 152. The Hall–Kier alpha value is -0.610. The molecule has 0 amide bonds. The first-order valence-electron chi connectivity index (χ1n) is 5.64. The van der Waals surface area contributed by atoms with Crippen molar-refractivity contribution in [2.45, 2.75) is 58.4 Å². The van der Waals surface area contributed by atoms with Crippen LogP contribution in [-0.2, 0) is 4.79 Å². The molecule has 0 saturated carbocycles. The van der Waals surface area contributed by atoms with Crippen LogP contribution < -0.4 is 11.5 Å². The van der Waals surface area contributed by atoms with Crippen molar-refractivity contribution in [1.29, 1.82) is 0 Å². The molecule has 15 heavy (non-hydrogen) atoms. The SMILES string of the molecule is CCCCCCCCN[C@@H](C)C(=O)O.N. The Kier molecular flexibility index (Phi) is 12.8. The molecule has 0 heterocycles. The predicted octanol–water partition coefficient (Wildman–Crippen LogP) is 2.57. The van der Waals surface area contributed by atoms with E-state index in [1.807, 2.05) is 0 Å². The number of carbonyl (C=O) groups is 1. The van der Waals surface area contributed by atoms with Crippen LogP contribution >= 0.6 is 0 Å². The lowest BCUT2D eigenvalue weighted by Gasteiger charge is -2.08. The monoisotopic (exact) mass is 218 g/mol. The largest absolute Gasteiger partial charge is 0.480 e. The lowest BCUT2D eigenvalue weighted by molar-refractivity contribution is -0.138. The Morgan fingerprint density at radius 2 is 1.73 bits per heavy atom. The van der Waals surface area contributed by atoms with E-state index in [1.54, 1.807) is 6.92 Å². The van der Waals surface area contributed by atoms with Crippen molar-refractivity contribution in [3.8, 4) is 0 Å². The van der Waals surface area contributed by atoms with E-state index in [4.69, 9.17) is 5.11 Å². The van der Waals surface area contributed by atoms with Crippen molar-refractivity contribution in [3.63, 3.8) is 0 Å². The highest BCUT2D eigenvalue weighted by Crippen LogP contribution is 2.04. The minimum atomic E-state index is -0.768. The second kappa shape index (κ2) is 11.5. The minimum absolute atomic E-state index is 0. The average Bonchev–Trinajstić information content (AvgIpc) is 2.16. The quantitative estimate of drug-likeness (QED) is 0.519. The predicted molar refractivity (Wildman–Crippen MR) is 63.5 cm³/mol. The fourth-order valence-electron chi connectivity index (χ4n) is 1.31. The van der Waals surface area contributed by atoms with Crippen LogP contribution in [0.25, 0.3) is 0 Å². The number of carboxylic acids is 1. The maximum atomic E-state index is 10.4. The van der Waals surface area contributed by atoms with Crippen molar-refractivity contribution >= 4 is 5.97 Å².